The Hall–Kier alpha value is -2.36. The largest absolute Gasteiger partial charge is 0.468 e. The number of methoxy groups -OCH3 is 4. The number of nitrogens with one attached hydrogen (secondary N) is 2. The van der Waals surface area contributed by atoms with Gasteiger partial charge in [-0.05, 0) is 25.7 Å². The first-order valence-corrected chi connectivity index (χ1v) is 10.9. The van der Waals surface area contributed by atoms with Gasteiger partial charge in [-0.15, -0.1) is 10.1 Å². The summed E-state index contributed by atoms with van der Waals surface area (Å²) in [4.78, 5) is 59.8. The van der Waals surface area contributed by atoms with Gasteiger partial charge in [0.2, 0.25) is 0 Å². The maximum absolute atomic E-state index is 12.5. The Morgan fingerprint density at radius 2 is 1.06 bits per heavy atom. The number of hydrogen-bond donors (Lipinski definition) is 2. The van der Waals surface area contributed by atoms with Crippen LogP contribution in [0.4, 0.5) is 0 Å². The molecule has 2 saturated heterocycles. The van der Waals surface area contributed by atoms with Gasteiger partial charge in [0.15, 0.2) is 0 Å². The molecule has 0 aliphatic carbocycles. The Bertz CT molecular complexity index is 651. The van der Waals surface area contributed by atoms with Crippen LogP contribution in [0, 0.1) is 0 Å². The summed E-state index contributed by atoms with van der Waals surface area (Å²) in [5.41, 5.74) is 0. The van der Waals surface area contributed by atoms with Crippen LogP contribution >= 0.6 is 0 Å². The minimum atomic E-state index is -1.34. The highest BCUT2D eigenvalue weighted by Gasteiger charge is 2.41. The zero-order valence-corrected chi connectivity index (χ0v) is 19.9. The summed E-state index contributed by atoms with van der Waals surface area (Å²) in [5, 5.41) is 8.39. The predicted octanol–water partition coefficient (Wildman–Crippen LogP) is -1.70. The quantitative estimate of drug-likeness (QED) is 0.203. The molecule has 2 rings (SSSR count). The van der Waals surface area contributed by atoms with E-state index in [1.807, 2.05) is 0 Å². The number of carbonyl (C=O) groups is 4. The zero-order chi connectivity index (χ0) is 25.1. The van der Waals surface area contributed by atoms with Gasteiger partial charge >= 0.3 is 23.9 Å². The van der Waals surface area contributed by atoms with Crippen molar-refractivity contribution in [3.63, 3.8) is 0 Å². The summed E-state index contributed by atoms with van der Waals surface area (Å²) < 4.78 is 19.6. The van der Waals surface area contributed by atoms with Crippen molar-refractivity contribution < 1.29 is 47.8 Å². The van der Waals surface area contributed by atoms with E-state index in [1.165, 1.54) is 28.4 Å². The number of ether oxygens (including phenoxy) is 4. The smallest absolute Gasteiger partial charge is 0.438 e. The minimum Gasteiger partial charge on any atom is -0.468 e. The van der Waals surface area contributed by atoms with Crippen molar-refractivity contribution in [3.8, 4) is 0 Å². The molecule has 2 heterocycles. The van der Waals surface area contributed by atoms with Crippen molar-refractivity contribution in [1.29, 1.82) is 0 Å². The first-order valence-electron chi connectivity index (χ1n) is 10.9. The Kier molecular flexibility index (Phi) is 11.6. The molecule has 4 atom stereocenters. The number of rotatable bonds is 10. The molecule has 2 N–H and O–H groups in total. The van der Waals surface area contributed by atoms with Crippen molar-refractivity contribution in [1.82, 2.24) is 20.8 Å². The molecule has 0 aromatic carbocycles. The van der Waals surface area contributed by atoms with Gasteiger partial charge in [0, 0.05) is 26.3 Å². The summed E-state index contributed by atoms with van der Waals surface area (Å²) in [5.74, 6) is -3.87. The lowest BCUT2D eigenvalue weighted by molar-refractivity contribution is -0.238. The standard InChI is InChI=1S/C20H34N4O10/c1-29-11-21-13-5-7-15(17(25)31-3)23(9-13)33-19(27)20(28)34-24-10-14(22-12-30-2)6-8-16(24)18(26)32-4/h13-16,21-22H,5-12H2,1-4H3/t13-,14-,15+,16+/m1/s1. The highest BCUT2D eigenvalue weighted by Crippen LogP contribution is 2.21. The lowest BCUT2D eigenvalue weighted by atomic mass is 10.0. The number of hydrogen-bond acceptors (Lipinski definition) is 14. The summed E-state index contributed by atoms with van der Waals surface area (Å²) in [7, 11) is 5.50. The van der Waals surface area contributed by atoms with E-state index in [9.17, 15) is 19.2 Å². The fraction of sp³-hybridized carbons (Fsp3) is 0.800. The molecular formula is C20H34N4O10. The van der Waals surface area contributed by atoms with E-state index in [2.05, 4.69) is 10.6 Å². The van der Waals surface area contributed by atoms with Crippen LogP contribution in [0.1, 0.15) is 25.7 Å². The topological polar surface area (TPSA) is 154 Å². The SMILES string of the molecule is COCN[C@@H]1CC[C@@H](C(=O)OC)N(OC(=O)C(=O)ON2C[C@H](NCOC)CC[C@H]2C(=O)OC)C1. The second kappa shape index (κ2) is 14.1. The average molecular weight is 491 g/mol. The van der Waals surface area contributed by atoms with Gasteiger partial charge in [-0.3, -0.25) is 20.2 Å². The monoisotopic (exact) mass is 490 g/mol. The highest BCUT2D eigenvalue weighted by atomic mass is 16.8. The Balaban J connectivity index is 2.04. The van der Waals surface area contributed by atoms with E-state index in [-0.39, 0.29) is 38.6 Å². The van der Waals surface area contributed by atoms with Gasteiger partial charge in [-0.1, -0.05) is 0 Å². The molecule has 14 heteroatoms. The molecule has 0 spiro atoms. The number of nitrogens with zero attached hydrogens (tertiary/aromatic N) is 2. The molecular weight excluding hydrogens is 456 g/mol. The van der Waals surface area contributed by atoms with Crippen molar-refractivity contribution in [2.75, 3.05) is 55.0 Å². The maximum Gasteiger partial charge on any atom is 0.438 e. The van der Waals surface area contributed by atoms with E-state index in [4.69, 9.17) is 28.6 Å². The fourth-order valence-electron chi connectivity index (χ4n) is 3.85. The normalized spacial score (nSPS) is 25.9. The number of piperidine rings is 2. The third-order valence-electron chi connectivity index (χ3n) is 5.62. The summed E-state index contributed by atoms with van der Waals surface area (Å²) in [6, 6.07) is -2.04. The van der Waals surface area contributed by atoms with Crippen molar-refractivity contribution in [2.24, 2.45) is 0 Å². The molecule has 0 unspecified atom stereocenters. The van der Waals surface area contributed by atoms with Crippen LogP contribution in [0.3, 0.4) is 0 Å². The van der Waals surface area contributed by atoms with Crippen LogP contribution < -0.4 is 10.6 Å². The summed E-state index contributed by atoms with van der Waals surface area (Å²) in [6.45, 7) is 0.776. The number of carbonyl (C=O) groups excluding carboxylic acids is 4. The molecule has 34 heavy (non-hydrogen) atoms. The summed E-state index contributed by atoms with van der Waals surface area (Å²) in [6.07, 6.45) is 1.87. The molecule has 0 radical (unpaired) electrons. The van der Waals surface area contributed by atoms with Gasteiger partial charge in [-0.25, -0.2) is 9.59 Å². The molecule has 2 fully saturated rings. The van der Waals surface area contributed by atoms with E-state index in [0.29, 0.717) is 25.7 Å². The van der Waals surface area contributed by atoms with Crippen molar-refractivity contribution in [2.45, 2.75) is 49.9 Å². The second-order valence-electron chi connectivity index (χ2n) is 7.86. The zero-order valence-electron chi connectivity index (χ0n) is 19.9. The Labute approximate surface area is 198 Å². The highest BCUT2D eigenvalue weighted by molar-refractivity contribution is 6.29. The third-order valence-corrected chi connectivity index (χ3v) is 5.62. The van der Waals surface area contributed by atoms with E-state index in [1.54, 1.807) is 0 Å². The second-order valence-corrected chi connectivity index (χ2v) is 7.86. The molecule has 0 amide bonds. The lowest BCUT2D eigenvalue weighted by Crippen LogP contribution is -2.56. The molecule has 0 bridgehead atoms. The first kappa shape index (κ1) is 27.9. The Morgan fingerprint density at radius 3 is 1.38 bits per heavy atom. The lowest BCUT2D eigenvalue weighted by Gasteiger charge is -2.37. The van der Waals surface area contributed by atoms with Crippen LogP contribution in [0.2, 0.25) is 0 Å². The van der Waals surface area contributed by atoms with Crippen LogP contribution in [0.15, 0.2) is 0 Å². The molecule has 14 nitrogen and oxygen atoms in total. The maximum atomic E-state index is 12.5. The van der Waals surface area contributed by atoms with E-state index < -0.39 is 36.0 Å². The van der Waals surface area contributed by atoms with Gasteiger partial charge in [0.1, 0.15) is 12.1 Å². The van der Waals surface area contributed by atoms with Gasteiger partial charge in [0.25, 0.3) is 0 Å². The predicted molar refractivity (Wildman–Crippen MR) is 113 cm³/mol. The van der Waals surface area contributed by atoms with Gasteiger partial charge < -0.3 is 28.6 Å². The fourth-order valence-corrected chi connectivity index (χ4v) is 3.85. The van der Waals surface area contributed by atoms with Crippen molar-refractivity contribution >= 4 is 23.9 Å². The van der Waals surface area contributed by atoms with Crippen molar-refractivity contribution in [3.05, 3.63) is 0 Å². The summed E-state index contributed by atoms with van der Waals surface area (Å²) >= 11 is 0. The number of hydroxylamine groups is 4. The van der Waals surface area contributed by atoms with E-state index in [0.717, 1.165) is 10.1 Å². The first-order chi connectivity index (χ1) is 16.3. The van der Waals surface area contributed by atoms with Gasteiger partial charge in [-0.2, -0.15) is 0 Å². The van der Waals surface area contributed by atoms with Crippen LogP contribution in [0.5, 0.6) is 0 Å². The molecule has 0 saturated carbocycles. The number of esters is 2. The molecule has 2 aliphatic rings. The van der Waals surface area contributed by atoms with E-state index >= 15 is 0 Å². The van der Waals surface area contributed by atoms with Crippen LogP contribution in [0.25, 0.3) is 0 Å². The Morgan fingerprint density at radius 1 is 0.676 bits per heavy atom. The minimum absolute atomic E-state index is 0.125. The van der Waals surface area contributed by atoms with Gasteiger partial charge in [0.05, 0.1) is 40.8 Å². The molecule has 194 valence electrons. The van der Waals surface area contributed by atoms with Crippen LogP contribution in [-0.2, 0) is 47.8 Å². The van der Waals surface area contributed by atoms with Crippen LogP contribution in [-0.4, -0.2) is 113 Å². The molecule has 2 aliphatic heterocycles. The average Bonchev–Trinajstić information content (AvgIpc) is 2.85. The molecule has 0 aromatic rings. The third kappa shape index (κ3) is 7.85. The molecule has 0 aromatic heterocycles.